The molecule has 234 valence electrons. The highest BCUT2D eigenvalue weighted by molar-refractivity contribution is 7.15. The van der Waals surface area contributed by atoms with Crippen molar-refractivity contribution in [3.05, 3.63) is 77.1 Å². The van der Waals surface area contributed by atoms with E-state index in [1.165, 1.54) is 29.5 Å². The van der Waals surface area contributed by atoms with Crippen molar-refractivity contribution in [3.63, 3.8) is 0 Å². The van der Waals surface area contributed by atoms with E-state index in [9.17, 15) is 22.8 Å². The van der Waals surface area contributed by atoms with Gasteiger partial charge in [-0.15, -0.1) is 33.6 Å². The summed E-state index contributed by atoms with van der Waals surface area (Å²) in [6.45, 7) is 3.92. The summed E-state index contributed by atoms with van der Waals surface area (Å²) in [5.74, 6) is 1.75. The minimum Gasteiger partial charge on any atom is -0.406 e. The summed E-state index contributed by atoms with van der Waals surface area (Å²) >= 11 is 1.45. The van der Waals surface area contributed by atoms with Crippen LogP contribution in [-0.2, 0) is 22.4 Å². The van der Waals surface area contributed by atoms with Gasteiger partial charge in [0.25, 0.3) is 0 Å². The van der Waals surface area contributed by atoms with Crippen molar-refractivity contribution in [3.8, 4) is 5.75 Å². The Hall–Kier alpha value is -4.66. The molecule has 0 atom stereocenters. The van der Waals surface area contributed by atoms with Gasteiger partial charge in [0.15, 0.2) is 5.82 Å². The Morgan fingerprint density at radius 1 is 1.02 bits per heavy atom. The number of amides is 1. The van der Waals surface area contributed by atoms with Gasteiger partial charge in [-0.05, 0) is 61.2 Å². The average Bonchev–Trinajstić information content (AvgIpc) is 3.51. The maximum Gasteiger partial charge on any atom is 0.573 e. The number of pyridine rings is 1. The van der Waals surface area contributed by atoms with Crippen molar-refractivity contribution >= 4 is 40.8 Å². The molecule has 2 N–H and O–H groups in total. The summed E-state index contributed by atoms with van der Waals surface area (Å²) in [5, 5.41) is 23.5. The molecule has 0 bridgehead atoms. The van der Waals surface area contributed by atoms with Gasteiger partial charge >= 0.3 is 6.36 Å². The number of carbonyl (C=O) groups is 2. The first kappa shape index (κ1) is 33.8. The monoisotopic (exact) mass is 630 g/mol. The Labute approximate surface area is 256 Å². The van der Waals surface area contributed by atoms with E-state index in [1.807, 2.05) is 43.6 Å². The van der Waals surface area contributed by atoms with Gasteiger partial charge in [-0.1, -0.05) is 36.5 Å². The number of hydrogen-bond acceptors (Lipinski definition) is 11. The SMILES string of the molecule is CCc1ccccn1.CNc1ccc(N2CCC(c3nnc(NC=O)s3)CC2)nn1.O=CCc1cccc(OC(F)(F)F)c1. The normalized spacial score (nSPS) is 13.0. The first-order chi connectivity index (χ1) is 21.2. The third kappa shape index (κ3) is 11.6. The zero-order valence-electron chi connectivity index (χ0n) is 24.2. The third-order valence-electron chi connectivity index (χ3n) is 6.24. The van der Waals surface area contributed by atoms with Crippen molar-refractivity contribution < 1.29 is 27.5 Å². The van der Waals surface area contributed by atoms with Crippen molar-refractivity contribution in [2.24, 2.45) is 0 Å². The highest BCUT2D eigenvalue weighted by atomic mass is 32.1. The Bertz CT molecular complexity index is 1420. The Morgan fingerprint density at radius 3 is 2.39 bits per heavy atom. The van der Waals surface area contributed by atoms with E-state index in [0.29, 0.717) is 29.3 Å². The van der Waals surface area contributed by atoms with Crippen LogP contribution in [0.1, 0.15) is 41.9 Å². The molecule has 1 amide bonds. The maximum absolute atomic E-state index is 11.8. The predicted molar refractivity (Wildman–Crippen MR) is 162 cm³/mol. The number of aryl methyl sites for hydroxylation is 1. The number of rotatable bonds is 9. The van der Waals surface area contributed by atoms with Crippen molar-refractivity contribution in [2.45, 2.75) is 44.9 Å². The largest absolute Gasteiger partial charge is 0.573 e. The molecule has 1 aliphatic rings. The van der Waals surface area contributed by atoms with E-state index in [0.717, 1.165) is 54.7 Å². The first-order valence-electron chi connectivity index (χ1n) is 13.7. The molecule has 0 saturated carbocycles. The Balaban J connectivity index is 0.000000205. The van der Waals surface area contributed by atoms with Crippen LogP contribution < -0.4 is 20.3 Å². The van der Waals surface area contributed by atoms with Gasteiger partial charge in [-0.2, -0.15) is 0 Å². The molecule has 11 nitrogen and oxygen atoms in total. The van der Waals surface area contributed by atoms with Crippen molar-refractivity contribution in [1.82, 2.24) is 25.4 Å². The van der Waals surface area contributed by atoms with E-state index < -0.39 is 6.36 Å². The zero-order valence-corrected chi connectivity index (χ0v) is 25.0. The molecule has 15 heteroatoms. The van der Waals surface area contributed by atoms with Crippen LogP contribution in [-0.4, -0.2) is 64.6 Å². The number of hydrogen-bond donors (Lipinski definition) is 2. The topological polar surface area (TPSA) is 135 Å². The van der Waals surface area contributed by atoms with Crippen LogP contribution in [0.3, 0.4) is 0 Å². The van der Waals surface area contributed by atoms with Gasteiger partial charge in [0.1, 0.15) is 22.9 Å². The summed E-state index contributed by atoms with van der Waals surface area (Å²) < 4.78 is 39.0. The molecular formula is C29H33F3N8O3S. The quantitative estimate of drug-likeness (QED) is 0.235. The number of ether oxygens (including phenoxy) is 1. The number of benzene rings is 1. The van der Waals surface area contributed by atoms with Gasteiger partial charge in [-0.25, -0.2) is 0 Å². The summed E-state index contributed by atoms with van der Waals surface area (Å²) in [7, 11) is 1.82. The lowest BCUT2D eigenvalue weighted by Gasteiger charge is -2.31. The minimum atomic E-state index is -4.69. The smallest absolute Gasteiger partial charge is 0.406 e. The maximum atomic E-state index is 11.8. The summed E-state index contributed by atoms with van der Waals surface area (Å²) in [6.07, 6.45) is 1.46. The lowest BCUT2D eigenvalue weighted by molar-refractivity contribution is -0.274. The van der Waals surface area contributed by atoms with Gasteiger partial charge < -0.3 is 25.1 Å². The number of anilines is 3. The van der Waals surface area contributed by atoms with Crippen LogP contribution >= 0.6 is 11.3 Å². The summed E-state index contributed by atoms with van der Waals surface area (Å²) in [6, 6.07) is 15.2. The molecule has 44 heavy (non-hydrogen) atoms. The molecule has 4 heterocycles. The molecule has 3 aromatic heterocycles. The first-order valence-corrected chi connectivity index (χ1v) is 14.5. The highest BCUT2D eigenvalue weighted by Crippen LogP contribution is 2.32. The number of piperidine rings is 1. The molecule has 0 radical (unpaired) electrons. The summed E-state index contributed by atoms with van der Waals surface area (Å²) in [5.41, 5.74) is 1.65. The van der Waals surface area contributed by atoms with E-state index in [4.69, 9.17) is 0 Å². The third-order valence-corrected chi connectivity index (χ3v) is 7.25. The van der Waals surface area contributed by atoms with Crippen molar-refractivity contribution in [2.75, 3.05) is 35.7 Å². The molecule has 0 aliphatic carbocycles. The number of aldehydes is 1. The fourth-order valence-corrected chi connectivity index (χ4v) is 4.93. The molecule has 1 fully saturated rings. The van der Waals surface area contributed by atoms with Gasteiger partial charge in [0, 0.05) is 44.4 Å². The Kier molecular flexibility index (Phi) is 13.4. The molecular weight excluding hydrogens is 597 g/mol. The standard InChI is InChI=1S/C13H17N7OS.C9H7F3O2.C7H9N/c1-14-10-2-3-11(17-16-10)20-6-4-9(5-7-20)12-18-19-13(22-12)15-8-21;10-9(11,12)14-8-3-1-2-7(6-8)4-5-13;1-2-7-5-3-4-6-8-7/h2-3,8-9H,4-7H2,1H3,(H,14,16)(H,15,19,21);1-3,5-6H,4H2;3-6H,2H2,1H3. The Morgan fingerprint density at radius 2 is 1.82 bits per heavy atom. The number of carbonyl (C=O) groups excluding carboxylic acids is 2. The second-order valence-corrected chi connectivity index (χ2v) is 10.2. The lowest BCUT2D eigenvalue weighted by Crippen LogP contribution is -2.33. The minimum absolute atomic E-state index is 0.0784. The molecule has 4 aromatic rings. The predicted octanol–water partition coefficient (Wildman–Crippen LogP) is 5.29. The molecule has 1 aromatic carbocycles. The van der Waals surface area contributed by atoms with Crippen LogP contribution in [0, 0.1) is 0 Å². The zero-order chi connectivity index (χ0) is 31.8. The van der Waals surface area contributed by atoms with Gasteiger partial charge in [0.05, 0.1) is 0 Å². The van der Waals surface area contributed by atoms with Crippen LogP contribution in [0.2, 0.25) is 0 Å². The number of nitrogens with zero attached hydrogens (tertiary/aromatic N) is 6. The number of nitrogens with one attached hydrogen (secondary N) is 2. The fraction of sp³-hybridized carbons (Fsp3) is 0.345. The van der Waals surface area contributed by atoms with Crippen LogP contribution in [0.4, 0.5) is 29.9 Å². The number of aromatic nitrogens is 5. The van der Waals surface area contributed by atoms with E-state index in [-0.39, 0.29) is 12.2 Å². The second-order valence-electron chi connectivity index (χ2n) is 9.24. The van der Waals surface area contributed by atoms with Crippen LogP contribution in [0.15, 0.2) is 60.8 Å². The fourth-order valence-electron chi connectivity index (χ4n) is 4.06. The van der Waals surface area contributed by atoms with Crippen molar-refractivity contribution in [1.29, 1.82) is 0 Å². The molecule has 5 rings (SSSR count). The van der Waals surface area contributed by atoms with E-state index in [1.54, 1.807) is 6.07 Å². The van der Waals surface area contributed by atoms with Crippen LogP contribution in [0.5, 0.6) is 5.75 Å². The van der Waals surface area contributed by atoms with Gasteiger partial charge in [-0.3, -0.25) is 9.78 Å². The molecule has 1 aliphatic heterocycles. The van der Waals surface area contributed by atoms with E-state index >= 15 is 0 Å². The highest BCUT2D eigenvalue weighted by Gasteiger charge is 2.31. The molecule has 1 saturated heterocycles. The van der Waals surface area contributed by atoms with Crippen LogP contribution in [0.25, 0.3) is 0 Å². The number of alkyl halides is 3. The van der Waals surface area contributed by atoms with Gasteiger partial charge in [0.2, 0.25) is 11.5 Å². The molecule has 0 unspecified atom stereocenters. The average molecular weight is 631 g/mol. The molecule has 0 spiro atoms. The summed E-state index contributed by atoms with van der Waals surface area (Å²) in [4.78, 5) is 26.8. The van der Waals surface area contributed by atoms with E-state index in [2.05, 4.69) is 52.6 Å². The second kappa shape index (κ2) is 17.5. The lowest BCUT2D eigenvalue weighted by atomic mass is 9.98. The number of halogens is 3.